The van der Waals surface area contributed by atoms with Gasteiger partial charge in [-0.15, -0.1) is 0 Å². The molecule has 0 saturated heterocycles. The van der Waals surface area contributed by atoms with E-state index in [1.165, 1.54) is 21.5 Å². The molecule has 0 spiro atoms. The summed E-state index contributed by atoms with van der Waals surface area (Å²) in [6.45, 7) is 0. The minimum atomic E-state index is -2.16. The van der Waals surface area contributed by atoms with Crippen molar-refractivity contribution in [2.24, 2.45) is 0 Å². The van der Waals surface area contributed by atoms with E-state index in [2.05, 4.69) is 121 Å². The first-order chi connectivity index (χ1) is 12.9. The molecule has 27 heavy (non-hydrogen) atoms. The molecule has 0 radical (unpaired) electrons. The van der Waals surface area contributed by atoms with Gasteiger partial charge in [0.15, 0.2) is 0 Å². The van der Waals surface area contributed by atoms with Crippen molar-refractivity contribution in [2.75, 3.05) is 0 Å². The van der Waals surface area contributed by atoms with Crippen molar-refractivity contribution in [1.29, 1.82) is 0 Å². The molecule has 4 aromatic carbocycles. The Morgan fingerprint density at radius 2 is 0.704 bits per heavy atom. The Labute approximate surface area is 166 Å². The molecule has 0 aliphatic heterocycles. The van der Waals surface area contributed by atoms with Crippen LogP contribution in [0.15, 0.2) is 121 Å². The van der Waals surface area contributed by atoms with Gasteiger partial charge in [-0.2, -0.15) is 9.90 Å². The van der Waals surface area contributed by atoms with Crippen LogP contribution in [-0.2, 0) is 6.16 Å². The molecular formula is C25H26P2. The average molecular weight is 388 g/mol. The average Bonchev–Trinajstić information content (AvgIpc) is 2.75. The molecule has 2 heteroatoms. The second kappa shape index (κ2) is 9.09. The molecular weight excluding hydrogens is 362 g/mol. The van der Waals surface area contributed by atoms with Crippen LogP contribution in [0.25, 0.3) is 0 Å². The van der Waals surface area contributed by atoms with E-state index in [-0.39, 0.29) is 9.90 Å². The second-order valence-corrected chi connectivity index (χ2v) is 10.6. The monoisotopic (exact) mass is 388 g/mol. The Bertz CT molecular complexity index is 840. The van der Waals surface area contributed by atoms with Crippen LogP contribution in [0.2, 0.25) is 0 Å². The van der Waals surface area contributed by atoms with E-state index in [1.807, 2.05) is 0 Å². The summed E-state index contributed by atoms with van der Waals surface area (Å²) in [5, 5.41) is 4.38. The van der Waals surface area contributed by atoms with Gasteiger partial charge >= 0.3 is 156 Å². The van der Waals surface area contributed by atoms with Gasteiger partial charge in [0, 0.05) is 0 Å². The third-order valence-electron chi connectivity index (χ3n) is 5.11. The van der Waals surface area contributed by atoms with Crippen molar-refractivity contribution in [2.45, 2.75) is 6.16 Å². The van der Waals surface area contributed by atoms with Gasteiger partial charge in [0.05, 0.1) is 0 Å². The van der Waals surface area contributed by atoms with Crippen molar-refractivity contribution in [1.82, 2.24) is 0 Å². The number of benzene rings is 4. The van der Waals surface area contributed by atoms with Crippen LogP contribution in [-0.4, -0.2) is 0 Å². The van der Waals surface area contributed by atoms with E-state index in [9.17, 15) is 0 Å². The SMILES string of the molecule is P.c1ccc(C[PH](c2ccccc2)(c2ccccc2)c2ccccc2)cc1. The zero-order valence-corrected chi connectivity index (χ0v) is 17.9. The van der Waals surface area contributed by atoms with Gasteiger partial charge in [-0.3, -0.25) is 0 Å². The van der Waals surface area contributed by atoms with Crippen LogP contribution in [0.1, 0.15) is 5.56 Å². The number of hydrogen-bond acceptors (Lipinski definition) is 0. The van der Waals surface area contributed by atoms with Gasteiger partial charge in [0.25, 0.3) is 0 Å². The van der Waals surface area contributed by atoms with Crippen LogP contribution in [0.3, 0.4) is 0 Å². The Balaban J connectivity index is 0.00000210. The van der Waals surface area contributed by atoms with E-state index in [4.69, 9.17) is 0 Å². The molecule has 0 fully saturated rings. The normalized spacial score (nSPS) is 11.4. The molecule has 136 valence electrons. The molecule has 1 unspecified atom stereocenters. The van der Waals surface area contributed by atoms with Gasteiger partial charge in [-0.1, -0.05) is 0 Å². The Hall–Kier alpha value is -2.26. The maximum atomic E-state index is 2.31. The summed E-state index contributed by atoms with van der Waals surface area (Å²) in [6.07, 6.45) is 1.06. The molecule has 0 aliphatic rings. The molecule has 0 heterocycles. The first-order valence-corrected chi connectivity index (χ1v) is 11.3. The zero-order valence-electron chi connectivity index (χ0n) is 15.5. The molecule has 0 saturated carbocycles. The Kier molecular flexibility index (Phi) is 6.57. The fourth-order valence-corrected chi connectivity index (χ4v) is 8.62. The van der Waals surface area contributed by atoms with Crippen LogP contribution in [0.5, 0.6) is 0 Å². The summed E-state index contributed by atoms with van der Waals surface area (Å²) in [4.78, 5) is 0. The van der Waals surface area contributed by atoms with Gasteiger partial charge in [0.2, 0.25) is 0 Å². The van der Waals surface area contributed by atoms with E-state index < -0.39 is 7.26 Å². The standard InChI is InChI=1S/C25H23P.H3P/c1-5-13-22(14-6-1)21-26(23-15-7-2-8-16-23,24-17-9-3-10-18-24)25-19-11-4-12-20-25;/h1-20,26H,21H2;1H3. The summed E-state index contributed by atoms with van der Waals surface area (Å²) >= 11 is 0. The molecule has 4 rings (SSSR count). The molecule has 0 aliphatic carbocycles. The van der Waals surface area contributed by atoms with Crippen molar-refractivity contribution in [3.05, 3.63) is 127 Å². The second-order valence-electron chi connectivity index (χ2n) is 6.67. The third kappa shape index (κ3) is 4.03. The summed E-state index contributed by atoms with van der Waals surface area (Å²) < 4.78 is 0. The summed E-state index contributed by atoms with van der Waals surface area (Å²) in [6, 6.07) is 44.2. The zero-order chi connectivity index (χ0) is 17.7. The number of hydrogen-bond donors (Lipinski definition) is 0. The Morgan fingerprint density at radius 1 is 0.407 bits per heavy atom. The van der Waals surface area contributed by atoms with Crippen molar-refractivity contribution in [3.8, 4) is 0 Å². The fraction of sp³-hybridized carbons (Fsp3) is 0.0400. The van der Waals surface area contributed by atoms with E-state index in [0.717, 1.165) is 6.16 Å². The topological polar surface area (TPSA) is 0 Å². The molecule has 4 aromatic rings. The van der Waals surface area contributed by atoms with Crippen LogP contribution in [0, 0.1) is 0 Å². The van der Waals surface area contributed by atoms with Gasteiger partial charge in [0.1, 0.15) is 0 Å². The maximum absolute atomic E-state index is 2.31. The van der Waals surface area contributed by atoms with Gasteiger partial charge in [-0.05, 0) is 0 Å². The number of rotatable bonds is 5. The van der Waals surface area contributed by atoms with E-state index in [0.29, 0.717) is 0 Å². The first kappa shape index (κ1) is 19.5. The van der Waals surface area contributed by atoms with Crippen molar-refractivity contribution < 1.29 is 0 Å². The first-order valence-electron chi connectivity index (χ1n) is 9.10. The van der Waals surface area contributed by atoms with Crippen LogP contribution >= 0.6 is 17.2 Å². The van der Waals surface area contributed by atoms with Gasteiger partial charge < -0.3 is 0 Å². The molecule has 0 nitrogen and oxygen atoms in total. The summed E-state index contributed by atoms with van der Waals surface area (Å²) in [5.74, 6) is 0. The molecule has 0 N–H and O–H groups in total. The fourth-order valence-electron chi connectivity index (χ4n) is 3.88. The van der Waals surface area contributed by atoms with Gasteiger partial charge in [-0.25, -0.2) is 0 Å². The third-order valence-corrected chi connectivity index (χ3v) is 10.0. The predicted octanol–water partition coefficient (Wildman–Crippen LogP) is 4.97. The van der Waals surface area contributed by atoms with Crippen LogP contribution < -0.4 is 15.9 Å². The minimum absolute atomic E-state index is 0. The molecule has 0 bridgehead atoms. The van der Waals surface area contributed by atoms with E-state index >= 15 is 0 Å². The van der Waals surface area contributed by atoms with E-state index in [1.54, 1.807) is 0 Å². The van der Waals surface area contributed by atoms with Crippen molar-refractivity contribution >= 4 is 33.1 Å². The predicted molar refractivity (Wildman–Crippen MR) is 128 cm³/mol. The molecule has 0 aromatic heterocycles. The molecule has 0 amide bonds. The summed E-state index contributed by atoms with van der Waals surface area (Å²) in [5.41, 5.74) is 1.40. The van der Waals surface area contributed by atoms with Crippen LogP contribution in [0.4, 0.5) is 0 Å². The quantitative estimate of drug-likeness (QED) is 0.424. The molecule has 1 atom stereocenters. The van der Waals surface area contributed by atoms with Crippen molar-refractivity contribution in [3.63, 3.8) is 0 Å². The Morgan fingerprint density at radius 3 is 1.04 bits per heavy atom. The summed E-state index contributed by atoms with van der Waals surface area (Å²) in [7, 11) is -2.16.